The molecular formula is C16H22N4S. The molecule has 3 atom stereocenters. The molecular weight excluding hydrogens is 280 g/mol. The molecule has 21 heavy (non-hydrogen) atoms. The first-order valence-corrected chi connectivity index (χ1v) is 9.15. The van der Waals surface area contributed by atoms with Gasteiger partial charge >= 0.3 is 0 Å². The van der Waals surface area contributed by atoms with Crippen LogP contribution in [0, 0.1) is 23.2 Å². The maximum atomic E-state index is 9.41. The van der Waals surface area contributed by atoms with E-state index in [0.717, 1.165) is 23.9 Å². The zero-order valence-corrected chi connectivity index (χ0v) is 13.4. The lowest BCUT2D eigenvalue weighted by Crippen LogP contribution is -2.25. The first-order chi connectivity index (χ1) is 10.3. The van der Waals surface area contributed by atoms with Crippen molar-refractivity contribution in [3.8, 4) is 6.07 Å². The summed E-state index contributed by atoms with van der Waals surface area (Å²) in [5, 5.41) is 19.9. The molecule has 5 heteroatoms. The largest absolute Gasteiger partial charge is 0.303 e. The molecule has 0 aliphatic heterocycles. The van der Waals surface area contributed by atoms with Crippen LogP contribution in [0.3, 0.4) is 0 Å². The van der Waals surface area contributed by atoms with Gasteiger partial charge in [-0.3, -0.25) is 0 Å². The normalized spacial score (nSPS) is 32.9. The van der Waals surface area contributed by atoms with E-state index >= 15 is 0 Å². The topological polar surface area (TPSA) is 54.5 Å². The van der Waals surface area contributed by atoms with E-state index in [-0.39, 0.29) is 5.92 Å². The Hall–Kier alpha value is -1.02. The molecule has 3 saturated carbocycles. The number of thioether (sulfide) groups is 1. The molecule has 1 aromatic rings. The zero-order chi connectivity index (χ0) is 14.4. The summed E-state index contributed by atoms with van der Waals surface area (Å²) < 4.78 is 2.41. The zero-order valence-electron chi connectivity index (χ0n) is 12.5. The third-order valence-electron chi connectivity index (χ3n) is 5.02. The fourth-order valence-electron chi connectivity index (χ4n) is 3.41. The Kier molecular flexibility index (Phi) is 3.45. The van der Waals surface area contributed by atoms with Crippen LogP contribution in [0.2, 0.25) is 0 Å². The van der Waals surface area contributed by atoms with Crippen LogP contribution in [0.1, 0.15) is 69.7 Å². The molecule has 3 aliphatic carbocycles. The summed E-state index contributed by atoms with van der Waals surface area (Å²) in [5.74, 6) is 2.79. The Bertz CT molecular complexity index is 567. The second kappa shape index (κ2) is 5.31. The molecule has 3 fully saturated rings. The Morgan fingerprint density at radius 1 is 1.14 bits per heavy atom. The fourth-order valence-corrected chi connectivity index (χ4v) is 4.91. The van der Waals surface area contributed by atoms with E-state index in [1.165, 1.54) is 37.9 Å². The van der Waals surface area contributed by atoms with Crippen LogP contribution < -0.4 is 0 Å². The summed E-state index contributed by atoms with van der Waals surface area (Å²) in [5.41, 5.74) is 0. The number of rotatable bonds is 4. The molecule has 0 bridgehead atoms. The molecule has 4 rings (SSSR count). The third kappa shape index (κ3) is 2.70. The van der Waals surface area contributed by atoms with Crippen molar-refractivity contribution in [1.29, 1.82) is 5.26 Å². The lowest BCUT2D eigenvalue weighted by atomic mass is 9.83. The molecule has 3 aliphatic rings. The van der Waals surface area contributed by atoms with Crippen molar-refractivity contribution in [3.63, 3.8) is 0 Å². The van der Waals surface area contributed by atoms with Gasteiger partial charge in [-0.15, -0.1) is 10.2 Å². The standard InChI is InChI=1S/C16H22N4S/c1-10-2-3-12(9-17)14(8-10)21-16-19-18-15(11-4-5-11)20(16)13-6-7-13/h10-14H,2-8H2,1H3. The Labute approximate surface area is 130 Å². The summed E-state index contributed by atoms with van der Waals surface area (Å²) in [4.78, 5) is 0. The lowest BCUT2D eigenvalue weighted by molar-refractivity contribution is 0.345. The average Bonchev–Trinajstić information content (AvgIpc) is 3.39. The molecule has 1 heterocycles. The van der Waals surface area contributed by atoms with Crippen LogP contribution in [0.4, 0.5) is 0 Å². The van der Waals surface area contributed by atoms with E-state index in [1.54, 1.807) is 0 Å². The van der Waals surface area contributed by atoms with Gasteiger partial charge in [0.2, 0.25) is 0 Å². The number of nitrogens with zero attached hydrogens (tertiary/aromatic N) is 4. The van der Waals surface area contributed by atoms with Gasteiger partial charge in [-0.2, -0.15) is 5.26 Å². The van der Waals surface area contributed by atoms with Crippen LogP contribution in [0.5, 0.6) is 0 Å². The van der Waals surface area contributed by atoms with Crippen LogP contribution in [-0.2, 0) is 0 Å². The maximum Gasteiger partial charge on any atom is 0.191 e. The first kappa shape index (κ1) is 13.6. The molecule has 3 unspecified atom stereocenters. The molecule has 0 N–H and O–H groups in total. The average molecular weight is 302 g/mol. The van der Waals surface area contributed by atoms with Crippen LogP contribution >= 0.6 is 11.8 Å². The smallest absolute Gasteiger partial charge is 0.191 e. The minimum Gasteiger partial charge on any atom is -0.303 e. The van der Waals surface area contributed by atoms with E-state index < -0.39 is 0 Å². The number of hydrogen-bond donors (Lipinski definition) is 0. The fraction of sp³-hybridized carbons (Fsp3) is 0.812. The van der Waals surface area contributed by atoms with Gasteiger partial charge in [0.1, 0.15) is 5.82 Å². The number of aromatic nitrogens is 3. The van der Waals surface area contributed by atoms with E-state index in [0.29, 0.717) is 17.2 Å². The minimum absolute atomic E-state index is 0.180. The molecule has 0 radical (unpaired) electrons. The van der Waals surface area contributed by atoms with Crippen molar-refractivity contribution in [1.82, 2.24) is 14.8 Å². The van der Waals surface area contributed by atoms with Crippen molar-refractivity contribution >= 4 is 11.8 Å². The highest BCUT2D eigenvalue weighted by atomic mass is 32.2. The second-order valence-corrected chi connectivity index (χ2v) is 8.23. The van der Waals surface area contributed by atoms with E-state index in [4.69, 9.17) is 0 Å². The van der Waals surface area contributed by atoms with Gasteiger partial charge in [0, 0.05) is 17.2 Å². The molecule has 1 aromatic heterocycles. The molecule has 4 nitrogen and oxygen atoms in total. The van der Waals surface area contributed by atoms with Gasteiger partial charge in [-0.25, -0.2) is 0 Å². The van der Waals surface area contributed by atoms with Crippen LogP contribution in [0.15, 0.2) is 5.16 Å². The van der Waals surface area contributed by atoms with Gasteiger partial charge < -0.3 is 4.57 Å². The quantitative estimate of drug-likeness (QED) is 0.846. The molecule has 0 aromatic carbocycles. The lowest BCUT2D eigenvalue weighted by Gasteiger charge is -2.30. The van der Waals surface area contributed by atoms with Gasteiger partial charge in [0.05, 0.1) is 12.0 Å². The van der Waals surface area contributed by atoms with Gasteiger partial charge in [-0.1, -0.05) is 18.7 Å². The molecule has 0 amide bonds. The monoisotopic (exact) mass is 302 g/mol. The SMILES string of the molecule is CC1CCC(C#N)C(Sc2nnc(C3CC3)n2C2CC2)C1. The van der Waals surface area contributed by atoms with Gasteiger partial charge in [0.15, 0.2) is 5.16 Å². The summed E-state index contributed by atoms with van der Waals surface area (Å²) in [6, 6.07) is 3.16. The predicted octanol–water partition coefficient (Wildman–Crippen LogP) is 3.91. The van der Waals surface area contributed by atoms with Crippen molar-refractivity contribution in [3.05, 3.63) is 5.82 Å². The first-order valence-electron chi connectivity index (χ1n) is 8.27. The van der Waals surface area contributed by atoms with Gasteiger partial charge in [0.25, 0.3) is 0 Å². The summed E-state index contributed by atoms with van der Waals surface area (Å²) in [6.07, 6.45) is 8.47. The van der Waals surface area contributed by atoms with Crippen molar-refractivity contribution in [2.75, 3.05) is 0 Å². The van der Waals surface area contributed by atoms with Crippen molar-refractivity contribution < 1.29 is 0 Å². The Morgan fingerprint density at radius 2 is 1.95 bits per heavy atom. The second-order valence-electron chi connectivity index (χ2n) is 7.03. The Balaban J connectivity index is 1.57. The molecule has 0 saturated heterocycles. The number of hydrogen-bond acceptors (Lipinski definition) is 4. The van der Waals surface area contributed by atoms with Crippen molar-refractivity contribution in [2.24, 2.45) is 11.8 Å². The summed E-state index contributed by atoms with van der Waals surface area (Å²) in [7, 11) is 0. The highest BCUT2D eigenvalue weighted by molar-refractivity contribution is 7.99. The van der Waals surface area contributed by atoms with E-state index in [2.05, 4.69) is 27.8 Å². The van der Waals surface area contributed by atoms with Gasteiger partial charge in [-0.05, 0) is 50.9 Å². The van der Waals surface area contributed by atoms with E-state index in [9.17, 15) is 5.26 Å². The third-order valence-corrected chi connectivity index (χ3v) is 6.33. The highest BCUT2D eigenvalue weighted by Crippen LogP contribution is 2.47. The Morgan fingerprint density at radius 3 is 2.62 bits per heavy atom. The number of nitriles is 1. The maximum absolute atomic E-state index is 9.41. The van der Waals surface area contributed by atoms with Crippen LogP contribution in [0.25, 0.3) is 0 Å². The molecule has 0 spiro atoms. The van der Waals surface area contributed by atoms with E-state index in [1.807, 2.05) is 11.8 Å². The highest BCUT2D eigenvalue weighted by Gasteiger charge is 2.38. The summed E-state index contributed by atoms with van der Waals surface area (Å²) in [6.45, 7) is 2.31. The predicted molar refractivity (Wildman–Crippen MR) is 82.0 cm³/mol. The minimum atomic E-state index is 0.180. The van der Waals surface area contributed by atoms with Crippen LogP contribution in [-0.4, -0.2) is 20.0 Å². The van der Waals surface area contributed by atoms with Crippen molar-refractivity contribution in [2.45, 2.75) is 74.2 Å². The summed E-state index contributed by atoms with van der Waals surface area (Å²) >= 11 is 1.83. The molecule has 112 valence electrons.